The standard InChI is InChI=1S/C26H29.C13H10.Zr/c1-6-18-13-17(4)14-20-15-23-22(24(18)20)16-21(7-2)26(5,8-3)25(23)19-11-9-10-12-19;1-3-7-12(8-4-1)11-13-9-5-2-6-10-13;/h9-11,13-14,16H,6-8,12H2,1-5H3;1-10H;/q-1;;. The topological polar surface area (TPSA) is 0 Å². The van der Waals surface area contributed by atoms with Gasteiger partial charge in [0.15, 0.2) is 0 Å². The second-order valence-electron chi connectivity index (χ2n) is 11.1. The van der Waals surface area contributed by atoms with Gasteiger partial charge in [-0.15, -0.1) is 33.7 Å². The van der Waals surface area contributed by atoms with Gasteiger partial charge in [-0.1, -0.05) is 85.9 Å². The van der Waals surface area contributed by atoms with Gasteiger partial charge in [-0.25, -0.2) is 0 Å². The summed E-state index contributed by atoms with van der Waals surface area (Å²) in [5.74, 6) is 0. The summed E-state index contributed by atoms with van der Waals surface area (Å²) in [5, 5.41) is 2.73. The molecule has 0 heterocycles. The molecule has 3 aromatic rings. The fourth-order valence-corrected chi connectivity index (χ4v) is 7.23. The average molecular weight is 599 g/mol. The molecule has 3 aliphatic rings. The summed E-state index contributed by atoms with van der Waals surface area (Å²) in [6, 6.07) is 25.8. The van der Waals surface area contributed by atoms with E-state index in [-0.39, 0.29) is 5.41 Å². The fraction of sp³-hybridized carbons (Fsp3) is 0.256. The molecule has 0 saturated carbocycles. The van der Waals surface area contributed by atoms with Crippen LogP contribution in [0.25, 0.3) is 11.6 Å². The van der Waals surface area contributed by atoms with Crippen LogP contribution in [0.4, 0.5) is 0 Å². The van der Waals surface area contributed by atoms with Crippen LogP contribution in [-0.4, -0.2) is 3.21 Å². The normalized spacial score (nSPS) is 18.8. The van der Waals surface area contributed by atoms with E-state index in [0.717, 1.165) is 25.7 Å². The molecule has 1 heteroatoms. The Kier molecular flexibility index (Phi) is 8.82. The molecule has 0 spiro atoms. The number of rotatable bonds is 6. The summed E-state index contributed by atoms with van der Waals surface area (Å²) in [4.78, 5) is 0. The van der Waals surface area contributed by atoms with Crippen molar-refractivity contribution in [1.82, 2.24) is 0 Å². The van der Waals surface area contributed by atoms with Crippen LogP contribution in [-0.2, 0) is 30.7 Å². The van der Waals surface area contributed by atoms with Gasteiger partial charge in [0, 0.05) is 0 Å². The van der Waals surface area contributed by atoms with Crippen molar-refractivity contribution in [3.8, 4) is 0 Å². The van der Waals surface area contributed by atoms with Gasteiger partial charge >= 0.3 is 99.2 Å². The van der Waals surface area contributed by atoms with Gasteiger partial charge in [-0.3, -0.25) is 0 Å². The third-order valence-corrected chi connectivity index (χ3v) is 10.1. The molecule has 0 N–H and O–H groups in total. The van der Waals surface area contributed by atoms with Crippen molar-refractivity contribution in [1.29, 1.82) is 0 Å². The van der Waals surface area contributed by atoms with Gasteiger partial charge in [0.1, 0.15) is 0 Å². The first-order valence-electron chi connectivity index (χ1n) is 14.7. The van der Waals surface area contributed by atoms with Crippen LogP contribution in [0.1, 0.15) is 69.2 Å². The number of benzene rings is 3. The zero-order valence-electron chi connectivity index (χ0n) is 24.6. The number of fused-ring (bicyclic) bond motifs is 2. The fourth-order valence-electron chi connectivity index (χ4n) is 6.42. The number of aryl methyl sites for hydroxylation is 2. The Morgan fingerprint density at radius 2 is 1.55 bits per heavy atom. The summed E-state index contributed by atoms with van der Waals surface area (Å²) < 4.78 is 1.42. The maximum absolute atomic E-state index is 3.84. The minimum absolute atomic E-state index is 0.113. The number of hydrogen-bond donors (Lipinski definition) is 0. The van der Waals surface area contributed by atoms with E-state index < -0.39 is 0 Å². The molecule has 0 aliphatic heterocycles. The van der Waals surface area contributed by atoms with Gasteiger partial charge in [0.2, 0.25) is 0 Å². The molecule has 0 amide bonds. The summed E-state index contributed by atoms with van der Waals surface area (Å²) >= 11 is 1.46. The molecule has 0 fully saturated rings. The summed E-state index contributed by atoms with van der Waals surface area (Å²) in [6.07, 6.45) is 17.5. The van der Waals surface area contributed by atoms with E-state index in [0.29, 0.717) is 0 Å². The number of allylic oxidation sites excluding steroid dienone is 8. The predicted molar refractivity (Wildman–Crippen MR) is 168 cm³/mol. The second-order valence-corrected chi connectivity index (χ2v) is 12.4. The first kappa shape index (κ1) is 28.6. The molecular weight excluding hydrogens is 560 g/mol. The zero-order valence-corrected chi connectivity index (χ0v) is 27.0. The van der Waals surface area contributed by atoms with E-state index in [1.807, 2.05) is 0 Å². The zero-order chi connectivity index (χ0) is 28.3. The van der Waals surface area contributed by atoms with Crippen LogP contribution < -0.4 is 10.4 Å². The first-order chi connectivity index (χ1) is 19.4. The van der Waals surface area contributed by atoms with Gasteiger partial charge in [0.25, 0.3) is 0 Å². The Labute approximate surface area is 255 Å². The molecule has 0 saturated heterocycles. The van der Waals surface area contributed by atoms with Crippen LogP contribution in [0.2, 0.25) is 0 Å². The Bertz CT molecular complexity index is 1640. The van der Waals surface area contributed by atoms with Crippen molar-refractivity contribution in [2.75, 3.05) is 0 Å². The average Bonchev–Trinajstić information content (AvgIpc) is 3.65. The van der Waals surface area contributed by atoms with Gasteiger partial charge < -0.3 is 0 Å². The van der Waals surface area contributed by atoms with Crippen LogP contribution in [0.5, 0.6) is 0 Å². The quantitative estimate of drug-likeness (QED) is 0.251. The molecule has 200 valence electrons. The third-order valence-electron chi connectivity index (χ3n) is 8.68. The van der Waals surface area contributed by atoms with Crippen molar-refractivity contribution in [2.24, 2.45) is 5.41 Å². The third kappa shape index (κ3) is 5.38. The SMILES string of the molecule is CCC1=CC2=c3c(CC)cc(C)cc3=[C-]C2=C(C2=CC=CC2)C1(C)CC.[Zr]=[C](c1ccccc1)c1ccccc1. The molecule has 0 radical (unpaired) electrons. The summed E-state index contributed by atoms with van der Waals surface area (Å²) in [5.41, 5.74) is 12.9. The molecule has 40 heavy (non-hydrogen) atoms. The number of hydrogen-bond acceptors (Lipinski definition) is 0. The van der Waals surface area contributed by atoms with Gasteiger partial charge in [-0.05, 0) is 38.0 Å². The van der Waals surface area contributed by atoms with Crippen LogP contribution in [0.15, 0.2) is 119 Å². The Hall–Kier alpha value is -2.89. The molecular formula is C39H39Zr-. The maximum atomic E-state index is 3.84. The van der Waals surface area contributed by atoms with Gasteiger partial charge in [0.05, 0.1) is 0 Å². The van der Waals surface area contributed by atoms with Crippen LogP contribution in [0, 0.1) is 12.3 Å². The second kappa shape index (κ2) is 12.3. The molecule has 6 rings (SSSR count). The summed E-state index contributed by atoms with van der Waals surface area (Å²) in [7, 11) is 0. The van der Waals surface area contributed by atoms with Crippen molar-refractivity contribution < 1.29 is 24.2 Å². The molecule has 1 unspecified atom stereocenters. The van der Waals surface area contributed by atoms with E-state index in [9.17, 15) is 0 Å². The molecule has 0 bridgehead atoms. The Morgan fingerprint density at radius 3 is 2.08 bits per heavy atom. The van der Waals surface area contributed by atoms with Crippen LogP contribution >= 0.6 is 0 Å². The van der Waals surface area contributed by atoms with E-state index in [2.05, 4.69) is 138 Å². The van der Waals surface area contributed by atoms with E-state index in [1.54, 1.807) is 5.57 Å². The van der Waals surface area contributed by atoms with Gasteiger partial charge in [-0.2, -0.15) is 0 Å². The monoisotopic (exact) mass is 597 g/mol. The Balaban J connectivity index is 0.000000194. The minimum atomic E-state index is 0.113. The summed E-state index contributed by atoms with van der Waals surface area (Å²) in [6.45, 7) is 11.6. The van der Waals surface area contributed by atoms with Crippen molar-refractivity contribution >= 4 is 14.9 Å². The molecule has 0 aromatic heterocycles. The van der Waals surface area contributed by atoms with Crippen molar-refractivity contribution in [3.05, 3.63) is 152 Å². The van der Waals surface area contributed by atoms with Crippen molar-refractivity contribution in [3.63, 3.8) is 0 Å². The van der Waals surface area contributed by atoms with E-state index in [4.69, 9.17) is 0 Å². The van der Waals surface area contributed by atoms with Crippen LogP contribution in [0.3, 0.4) is 0 Å². The molecule has 0 nitrogen and oxygen atoms in total. The molecule has 1 atom stereocenters. The molecule has 3 aromatic carbocycles. The molecule has 3 aliphatic carbocycles. The van der Waals surface area contributed by atoms with E-state index in [1.165, 1.54) is 82.4 Å². The van der Waals surface area contributed by atoms with E-state index >= 15 is 0 Å². The Morgan fingerprint density at radius 1 is 0.900 bits per heavy atom. The first-order valence-corrected chi connectivity index (χ1v) is 15.9. The van der Waals surface area contributed by atoms with Crippen molar-refractivity contribution in [2.45, 2.75) is 60.3 Å². The predicted octanol–water partition coefficient (Wildman–Crippen LogP) is 8.13.